The van der Waals surface area contributed by atoms with Crippen LogP contribution in [0, 0.1) is 13.8 Å². The molecule has 4 N–H and O–H groups in total. The smallest absolute Gasteiger partial charge is 0.191 e. The molecule has 1 aromatic heterocycles. The molecule has 6 heteroatoms. The Labute approximate surface area is 129 Å². The van der Waals surface area contributed by atoms with Gasteiger partial charge in [0.25, 0.3) is 0 Å². The molecule has 0 aliphatic carbocycles. The van der Waals surface area contributed by atoms with E-state index in [1.165, 1.54) is 17.3 Å². The van der Waals surface area contributed by atoms with Gasteiger partial charge in [0.15, 0.2) is 5.16 Å². The zero-order valence-electron chi connectivity index (χ0n) is 12.3. The highest BCUT2D eigenvalue weighted by Crippen LogP contribution is 2.20. The first kappa shape index (κ1) is 15.4. The fourth-order valence-corrected chi connectivity index (χ4v) is 2.58. The SMILES string of the molecule is Cc1ccc(C)c(OCCCSc2nc(N)cc(N)n2)c1. The second-order valence-corrected chi connectivity index (χ2v) is 5.88. The maximum absolute atomic E-state index is 5.80. The van der Waals surface area contributed by atoms with Crippen molar-refractivity contribution >= 4 is 23.4 Å². The van der Waals surface area contributed by atoms with Crippen LogP contribution < -0.4 is 16.2 Å². The number of thioether (sulfide) groups is 1. The summed E-state index contributed by atoms with van der Waals surface area (Å²) in [5.74, 6) is 2.60. The molecule has 0 atom stereocenters. The van der Waals surface area contributed by atoms with Crippen molar-refractivity contribution in [3.8, 4) is 5.75 Å². The number of rotatable bonds is 6. The summed E-state index contributed by atoms with van der Waals surface area (Å²) in [5.41, 5.74) is 13.6. The molecule has 5 nitrogen and oxygen atoms in total. The molecule has 0 fully saturated rings. The monoisotopic (exact) mass is 304 g/mol. The summed E-state index contributed by atoms with van der Waals surface area (Å²) in [6, 6.07) is 7.76. The summed E-state index contributed by atoms with van der Waals surface area (Å²) in [4.78, 5) is 8.25. The first-order chi connectivity index (χ1) is 10.0. The summed E-state index contributed by atoms with van der Waals surface area (Å²) in [6.07, 6.45) is 0.899. The van der Waals surface area contributed by atoms with E-state index in [1.54, 1.807) is 6.07 Å². The minimum absolute atomic E-state index is 0.400. The lowest BCUT2D eigenvalue weighted by molar-refractivity contribution is 0.316. The van der Waals surface area contributed by atoms with Crippen LogP contribution in [0.2, 0.25) is 0 Å². The van der Waals surface area contributed by atoms with Gasteiger partial charge in [0, 0.05) is 11.8 Å². The van der Waals surface area contributed by atoms with E-state index in [0.29, 0.717) is 23.4 Å². The molecule has 2 aromatic rings. The molecule has 0 bridgehead atoms. The minimum Gasteiger partial charge on any atom is -0.493 e. The lowest BCUT2D eigenvalue weighted by atomic mass is 10.1. The molecule has 1 heterocycles. The second kappa shape index (κ2) is 7.17. The van der Waals surface area contributed by atoms with Crippen molar-refractivity contribution in [1.29, 1.82) is 0 Å². The highest BCUT2D eigenvalue weighted by Gasteiger charge is 2.03. The van der Waals surface area contributed by atoms with Crippen molar-refractivity contribution in [3.05, 3.63) is 35.4 Å². The Kier molecular flexibility index (Phi) is 5.27. The Morgan fingerprint density at radius 1 is 1.10 bits per heavy atom. The maximum atomic E-state index is 5.80. The number of nitrogens with zero attached hydrogens (tertiary/aromatic N) is 2. The van der Waals surface area contributed by atoms with Crippen LogP contribution in [0.1, 0.15) is 17.5 Å². The first-order valence-electron chi connectivity index (χ1n) is 6.77. The number of nitrogen functional groups attached to an aromatic ring is 2. The molecule has 0 aliphatic rings. The first-order valence-corrected chi connectivity index (χ1v) is 7.76. The summed E-state index contributed by atoms with van der Waals surface area (Å²) < 4.78 is 5.80. The third kappa shape index (κ3) is 4.82. The molecule has 0 unspecified atom stereocenters. The second-order valence-electron chi connectivity index (χ2n) is 4.82. The zero-order valence-corrected chi connectivity index (χ0v) is 13.1. The van der Waals surface area contributed by atoms with E-state index in [4.69, 9.17) is 16.2 Å². The molecule has 112 valence electrons. The lowest BCUT2D eigenvalue weighted by Crippen LogP contribution is -2.02. The van der Waals surface area contributed by atoms with Crippen LogP contribution in [0.3, 0.4) is 0 Å². The van der Waals surface area contributed by atoms with E-state index in [-0.39, 0.29) is 0 Å². The maximum Gasteiger partial charge on any atom is 0.191 e. The van der Waals surface area contributed by atoms with Crippen molar-refractivity contribution in [1.82, 2.24) is 9.97 Å². The van der Waals surface area contributed by atoms with Crippen molar-refractivity contribution < 1.29 is 4.74 Å². The normalized spacial score (nSPS) is 10.6. The van der Waals surface area contributed by atoms with E-state index in [9.17, 15) is 0 Å². The average Bonchev–Trinajstić information content (AvgIpc) is 2.41. The van der Waals surface area contributed by atoms with Crippen LogP contribution in [-0.4, -0.2) is 22.3 Å². The molecule has 2 rings (SSSR count). The van der Waals surface area contributed by atoms with E-state index in [1.807, 2.05) is 6.92 Å². The van der Waals surface area contributed by atoms with Gasteiger partial charge in [-0.05, 0) is 37.5 Å². The minimum atomic E-state index is 0.400. The summed E-state index contributed by atoms with van der Waals surface area (Å²) in [7, 11) is 0. The van der Waals surface area contributed by atoms with Gasteiger partial charge in [-0.1, -0.05) is 23.9 Å². The quantitative estimate of drug-likeness (QED) is 0.485. The van der Waals surface area contributed by atoms with Crippen LogP contribution >= 0.6 is 11.8 Å². The Morgan fingerprint density at radius 3 is 2.52 bits per heavy atom. The number of hydrogen-bond donors (Lipinski definition) is 2. The third-order valence-corrected chi connectivity index (χ3v) is 3.80. The van der Waals surface area contributed by atoms with E-state index in [2.05, 4.69) is 35.1 Å². The van der Waals surface area contributed by atoms with Crippen molar-refractivity contribution in [3.63, 3.8) is 0 Å². The molecule has 0 saturated carbocycles. The van der Waals surface area contributed by atoms with Crippen molar-refractivity contribution in [2.75, 3.05) is 23.8 Å². The molecular formula is C15H20N4OS. The molecule has 0 spiro atoms. The largest absolute Gasteiger partial charge is 0.493 e. The van der Waals surface area contributed by atoms with Crippen molar-refractivity contribution in [2.24, 2.45) is 0 Å². The topological polar surface area (TPSA) is 87.0 Å². The van der Waals surface area contributed by atoms with Gasteiger partial charge in [0.05, 0.1) is 6.61 Å². The number of benzene rings is 1. The number of aromatic nitrogens is 2. The Morgan fingerprint density at radius 2 is 1.81 bits per heavy atom. The van der Waals surface area contributed by atoms with Gasteiger partial charge < -0.3 is 16.2 Å². The number of anilines is 2. The van der Waals surface area contributed by atoms with Gasteiger partial charge in [-0.15, -0.1) is 0 Å². The molecule has 21 heavy (non-hydrogen) atoms. The van der Waals surface area contributed by atoms with Gasteiger partial charge >= 0.3 is 0 Å². The fourth-order valence-electron chi connectivity index (χ4n) is 1.79. The molecule has 1 aromatic carbocycles. The van der Waals surface area contributed by atoms with Gasteiger partial charge in [-0.3, -0.25) is 0 Å². The summed E-state index contributed by atoms with van der Waals surface area (Å²) >= 11 is 1.53. The molecule has 0 radical (unpaired) electrons. The van der Waals surface area contributed by atoms with Crippen LogP contribution in [0.4, 0.5) is 11.6 Å². The Balaban J connectivity index is 1.76. The Bertz CT molecular complexity index is 598. The van der Waals surface area contributed by atoms with Crippen LogP contribution in [0.25, 0.3) is 0 Å². The summed E-state index contributed by atoms with van der Waals surface area (Å²) in [6.45, 7) is 4.77. The van der Waals surface area contributed by atoms with Gasteiger partial charge in [-0.2, -0.15) is 0 Å². The zero-order chi connectivity index (χ0) is 15.2. The van der Waals surface area contributed by atoms with Gasteiger partial charge in [0.2, 0.25) is 0 Å². The van der Waals surface area contributed by atoms with Crippen molar-refractivity contribution in [2.45, 2.75) is 25.4 Å². The fraction of sp³-hybridized carbons (Fsp3) is 0.333. The average molecular weight is 304 g/mol. The third-order valence-electron chi connectivity index (χ3n) is 2.87. The van der Waals surface area contributed by atoms with Gasteiger partial charge in [-0.25, -0.2) is 9.97 Å². The van der Waals surface area contributed by atoms with Crippen LogP contribution in [0.15, 0.2) is 29.4 Å². The van der Waals surface area contributed by atoms with Crippen LogP contribution in [0.5, 0.6) is 5.75 Å². The number of nitrogens with two attached hydrogens (primary N) is 2. The highest BCUT2D eigenvalue weighted by atomic mass is 32.2. The van der Waals surface area contributed by atoms with E-state index >= 15 is 0 Å². The highest BCUT2D eigenvalue weighted by molar-refractivity contribution is 7.99. The standard InChI is InChI=1S/C15H20N4OS/c1-10-4-5-11(2)12(8-10)20-6-3-7-21-15-18-13(16)9-14(17)19-15/h4-5,8-9H,3,6-7H2,1-2H3,(H4,16,17,18,19). The lowest BCUT2D eigenvalue weighted by Gasteiger charge is -2.09. The van der Waals surface area contributed by atoms with Gasteiger partial charge in [0.1, 0.15) is 17.4 Å². The predicted molar refractivity (Wildman–Crippen MR) is 87.6 cm³/mol. The van der Waals surface area contributed by atoms with Crippen LogP contribution in [-0.2, 0) is 0 Å². The number of ether oxygens (including phenoxy) is 1. The molecule has 0 amide bonds. The molecular weight excluding hydrogens is 284 g/mol. The molecule has 0 saturated heterocycles. The van der Waals surface area contributed by atoms with E-state index in [0.717, 1.165) is 23.5 Å². The van der Waals surface area contributed by atoms with E-state index < -0.39 is 0 Å². The number of aryl methyl sites for hydroxylation is 2. The summed E-state index contributed by atoms with van der Waals surface area (Å²) in [5, 5.41) is 0.610. The molecule has 0 aliphatic heterocycles. The Hall–Kier alpha value is -1.95. The predicted octanol–water partition coefficient (Wildman–Crippen LogP) is 2.82. The number of hydrogen-bond acceptors (Lipinski definition) is 6.